The van der Waals surface area contributed by atoms with Crippen LogP contribution in [0.2, 0.25) is 0 Å². The summed E-state index contributed by atoms with van der Waals surface area (Å²) in [5, 5.41) is 8.59. The highest BCUT2D eigenvalue weighted by Gasteiger charge is 2.12. The number of fused-ring (bicyclic) bond motifs is 1. The van der Waals surface area contributed by atoms with Crippen molar-refractivity contribution in [1.82, 2.24) is 14.3 Å². The summed E-state index contributed by atoms with van der Waals surface area (Å²) in [5.74, 6) is -0.144. The molecule has 154 valence electrons. The second-order valence-electron chi connectivity index (χ2n) is 7.17. The molecule has 0 saturated heterocycles. The van der Waals surface area contributed by atoms with Crippen LogP contribution < -0.4 is 5.32 Å². The summed E-state index contributed by atoms with van der Waals surface area (Å²) >= 11 is 3.55. The van der Waals surface area contributed by atoms with E-state index in [1.807, 2.05) is 73.3 Å². The third-order valence-corrected chi connectivity index (χ3v) is 6.29. The maximum atomic E-state index is 12.7. The number of anilines is 1. The van der Waals surface area contributed by atoms with E-state index in [1.54, 1.807) is 7.11 Å². The van der Waals surface area contributed by atoms with E-state index in [2.05, 4.69) is 30.9 Å². The Hall–Kier alpha value is -2.90. The summed E-state index contributed by atoms with van der Waals surface area (Å²) < 4.78 is 10.2. The molecular formula is C23H23BrN4O2. The molecule has 7 heteroatoms. The fourth-order valence-corrected chi connectivity index (χ4v) is 3.74. The summed E-state index contributed by atoms with van der Waals surface area (Å²) in [6.45, 7) is 5.41. The van der Waals surface area contributed by atoms with E-state index in [0.29, 0.717) is 12.2 Å². The van der Waals surface area contributed by atoms with E-state index in [4.69, 9.17) is 4.74 Å². The molecule has 0 aliphatic carbocycles. The van der Waals surface area contributed by atoms with Crippen LogP contribution in [0, 0.1) is 13.8 Å². The van der Waals surface area contributed by atoms with Gasteiger partial charge in [0.05, 0.1) is 28.2 Å². The average molecular weight is 467 g/mol. The number of rotatable bonds is 6. The molecule has 0 radical (unpaired) electrons. The number of hydrogen-bond donors (Lipinski definition) is 1. The van der Waals surface area contributed by atoms with E-state index >= 15 is 0 Å². The lowest BCUT2D eigenvalue weighted by Crippen LogP contribution is -2.12. The van der Waals surface area contributed by atoms with Gasteiger partial charge in [0.15, 0.2) is 0 Å². The lowest BCUT2D eigenvalue weighted by atomic mass is 10.1. The van der Waals surface area contributed by atoms with Gasteiger partial charge < -0.3 is 14.6 Å². The Balaban J connectivity index is 1.50. The normalized spacial score (nSPS) is 11.2. The zero-order chi connectivity index (χ0) is 21.3. The Labute approximate surface area is 183 Å². The van der Waals surface area contributed by atoms with Crippen molar-refractivity contribution in [2.75, 3.05) is 19.0 Å². The van der Waals surface area contributed by atoms with E-state index in [-0.39, 0.29) is 5.91 Å². The molecule has 2 aromatic heterocycles. The number of ether oxygens (including phenoxy) is 1. The molecule has 0 spiro atoms. The van der Waals surface area contributed by atoms with Gasteiger partial charge in [-0.15, -0.1) is 0 Å². The van der Waals surface area contributed by atoms with Gasteiger partial charge in [-0.3, -0.25) is 4.79 Å². The van der Waals surface area contributed by atoms with Gasteiger partial charge in [0.1, 0.15) is 0 Å². The first kappa shape index (κ1) is 20.4. The maximum Gasteiger partial charge on any atom is 0.255 e. The molecule has 4 rings (SSSR count). The molecule has 0 fully saturated rings. The van der Waals surface area contributed by atoms with E-state index in [9.17, 15) is 4.79 Å². The Morgan fingerprint density at radius 3 is 2.57 bits per heavy atom. The van der Waals surface area contributed by atoms with Crippen molar-refractivity contribution in [1.29, 1.82) is 0 Å². The molecule has 1 N–H and O–H groups in total. The van der Waals surface area contributed by atoms with Gasteiger partial charge in [-0.2, -0.15) is 5.10 Å². The van der Waals surface area contributed by atoms with Crippen LogP contribution in [-0.4, -0.2) is 34.0 Å². The van der Waals surface area contributed by atoms with Gasteiger partial charge in [0, 0.05) is 42.0 Å². The number of halogens is 1. The van der Waals surface area contributed by atoms with Crippen molar-refractivity contribution in [3.63, 3.8) is 0 Å². The van der Waals surface area contributed by atoms with Crippen LogP contribution in [0.1, 0.15) is 21.7 Å². The molecule has 1 amide bonds. The number of nitrogens with zero attached hydrogens (tertiary/aromatic N) is 3. The van der Waals surface area contributed by atoms with Crippen molar-refractivity contribution in [2.24, 2.45) is 0 Å². The van der Waals surface area contributed by atoms with E-state index in [0.717, 1.165) is 44.7 Å². The van der Waals surface area contributed by atoms with Crippen molar-refractivity contribution < 1.29 is 9.53 Å². The molecular weight excluding hydrogens is 444 g/mol. The van der Waals surface area contributed by atoms with Crippen LogP contribution in [0.3, 0.4) is 0 Å². The lowest BCUT2D eigenvalue weighted by molar-refractivity contribution is 0.102. The number of carbonyl (C=O) groups is 1. The predicted molar refractivity (Wildman–Crippen MR) is 123 cm³/mol. The van der Waals surface area contributed by atoms with Gasteiger partial charge in [-0.05, 0) is 78.3 Å². The number of nitrogens with one attached hydrogen (secondary N) is 1. The second-order valence-corrected chi connectivity index (χ2v) is 7.97. The standard InChI is InChI=1S/C23H23BrN4O2/c1-15-22(24)16(2)28(26-15)20-7-4-17(5-8-20)23(29)25-19-6-9-21-18(14-19)10-11-27(21)12-13-30-3/h4-11,14H,12-13H2,1-3H3,(H,25,29). The van der Waals surface area contributed by atoms with E-state index in [1.165, 1.54) is 0 Å². The average Bonchev–Trinajstić information content (AvgIpc) is 3.27. The Bertz CT molecular complexity index is 1210. The first-order valence-corrected chi connectivity index (χ1v) is 10.5. The zero-order valence-corrected chi connectivity index (χ0v) is 18.7. The molecule has 0 atom stereocenters. The largest absolute Gasteiger partial charge is 0.383 e. The first-order chi connectivity index (χ1) is 14.5. The third-order valence-electron chi connectivity index (χ3n) is 5.14. The summed E-state index contributed by atoms with van der Waals surface area (Å²) in [4.78, 5) is 12.7. The van der Waals surface area contributed by atoms with Crippen molar-refractivity contribution in [3.05, 3.63) is 76.2 Å². The summed E-state index contributed by atoms with van der Waals surface area (Å²) in [5.41, 5.74) is 5.35. The van der Waals surface area contributed by atoms with Crippen molar-refractivity contribution >= 4 is 38.4 Å². The molecule has 4 aromatic rings. The maximum absolute atomic E-state index is 12.7. The first-order valence-electron chi connectivity index (χ1n) is 9.69. The van der Waals surface area contributed by atoms with Crippen LogP contribution in [0.25, 0.3) is 16.6 Å². The third kappa shape index (κ3) is 3.91. The fraction of sp³-hybridized carbons (Fsp3) is 0.217. The smallest absolute Gasteiger partial charge is 0.255 e. The Kier molecular flexibility index (Phi) is 5.74. The monoisotopic (exact) mass is 466 g/mol. The molecule has 2 heterocycles. The number of aromatic nitrogens is 3. The summed E-state index contributed by atoms with van der Waals surface area (Å²) in [6, 6.07) is 15.4. The summed E-state index contributed by atoms with van der Waals surface area (Å²) in [6.07, 6.45) is 2.03. The number of hydrogen-bond acceptors (Lipinski definition) is 3. The van der Waals surface area contributed by atoms with Crippen LogP contribution in [-0.2, 0) is 11.3 Å². The molecule has 0 unspecified atom stereocenters. The number of carbonyl (C=O) groups excluding carboxylic acids is 1. The highest BCUT2D eigenvalue weighted by molar-refractivity contribution is 9.10. The molecule has 0 bridgehead atoms. The predicted octanol–water partition coefficient (Wildman–Crippen LogP) is 5.11. The second kappa shape index (κ2) is 8.45. The molecule has 6 nitrogen and oxygen atoms in total. The van der Waals surface area contributed by atoms with Crippen LogP contribution in [0.15, 0.2) is 59.2 Å². The van der Waals surface area contributed by atoms with Gasteiger partial charge in [0.2, 0.25) is 0 Å². The molecule has 0 aliphatic rings. The minimum Gasteiger partial charge on any atom is -0.383 e. The highest BCUT2D eigenvalue weighted by atomic mass is 79.9. The number of amides is 1. The van der Waals surface area contributed by atoms with Crippen molar-refractivity contribution in [3.8, 4) is 5.69 Å². The lowest BCUT2D eigenvalue weighted by Gasteiger charge is -2.09. The number of aryl methyl sites for hydroxylation is 1. The quantitative estimate of drug-likeness (QED) is 0.429. The van der Waals surface area contributed by atoms with Crippen LogP contribution in [0.4, 0.5) is 5.69 Å². The summed E-state index contributed by atoms with van der Waals surface area (Å²) in [7, 11) is 1.70. The topological polar surface area (TPSA) is 61.1 Å². The fourth-order valence-electron chi connectivity index (χ4n) is 3.49. The van der Waals surface area contributed by atoms with Gasteiger partial charge in [-0.1, -0.05) is 0 Å². The minimum atomic E-state index is -0.144. The highest BCUT2D eigenvalue weighted by Crippen LogP contribution is 2.24. The number of benzene rings is 2. The molecule has 0 aliphatic heterocycles. The minimum absolute atomic E-state index is 0.144. The van der Waals surface area contributed by atoms with E-state index < -0.39 is 0 Å². The Morgan fingerprint density at radius 2 is 1.90 bits per heavy atom. The SMILES string of the molecule is COCCn1ccc2cc(NC(=O)c3ccc(-n4nc(C)c(Br)c4C)cc3)ccc21. The molecule has 30 heavy (non-hydrogen) atoms. The zero-order valence-electron chi connectivity index (χ0n) is 17.1. The van der Waals surface area contributed by atoms with Crippen LogP contribution in [0.5, 0.6) is 0 Å². The molecule has 0 saturated carbocycles. The van der Waals surface area contributed by atoms with Gasteiger partial charge in [-0.25, -0.2) is 4.68 Å². The molecule has 2 aromatic carbocycles. The number of methoxy groups -OCH3 is 1. The van der Waals surface area contributed by atoms with Crippen molar-refractivity contribution in [2.45, 2.75) is 20.4 Å². The van der Waals surface area contributed by atoms with Gasteiger partial charge in [0.25, 0.3) is 5.91 Å². The van der Waals surface area contributed by atoms with Crippen LogP contribution >= 0.6 is 15.9 Å². The Morgan fingerprint density at radius 1 is 1.13 bits per heavy atom. The van der Waals surface area contributed by atoms with Gasteiger partial charge >= 0.3 is 0 Å².